The summed E-state index contributed by atoms with van der Waals surface area (Å²) in [5, 5.41) is 0.872. The topological polar surface area (TPSA) is 45.9 Å². The van der Waals surface area contributed by atoms with Crippen LogP contribution in [0, 0.1) is 0 Å². The Hall–Kier alpha value is -2.68. The van der Waals surface area contributed by atoms with Crippen LogP contribution in [0.25, 0.3) is 0 Å². The average molecular weight is 513 g/mol. The van der Waals surface area contributed by atoms with E-state index in [1.54, 1.807) is 41.3 Å². The van der Waals surface area contributed by atoms with E-state index in [9.17, 15) is 18.0 Å². The van der Waals surface area contributed by atoms with Gasteiger partial charge in [0.05, 0.1) is 10.6 Å². The number of alkyl halides is 3. The van der Waals surface area contributed by atoms with Crippen molar-refractivity contribution in [2.75, 3.05) is 26.2 Å². The minimum absolute atomic E-state index is 0.0966. The molecule has 1 saturated heterocycles. The minimum Gasteiger partial charge on any atom is -0.484 e. The molecule has 1 fully saturated rings. The molecule has 1 aliphatic heterocycles. The van der Waals surface area contributed by atoms with Crippen LogP contribution in [0.4, 0.5) is 13.2 Å². The van der Waals surface area contributed by atoms with Crippen molar-refractivity contribution in [1.29, 1.82) is 0 Å². The van der Waals surface area contributed by atoms with Gasteiger partial charge in [-0.15, -0.1) is 0 Å². The molecule has 2 aromatic carbocycles. The molecule has 1 aromatic heterocycles. The maximum atomic E-state index is 12.9. The monoisotopic (exact) mass is 512 g/mol. The van der Waals surface area contributed by atoms with Crippen molar-refractivity contribution in [3.05, 3.63) is 87.3 Å². The quantitative estimate of drug-likeness (QED) is 0.397. The molecule has 34 heavy (non-hydrogen) atoms. The number of hydrogen-bond donors (Lipinski definition) is 0. The highest BCUT2D eigenvalue weighted by Crippen LogP contribution is 2.30. The number of halogens is 5. The minimum atomic E-state index is -4.37. The highest BCUT2D eigenvalue weighted by Gasteiger charge is 2.31. The summed E-state index contributed by atoms with van der Waals surface area (Å²) in [5.41, 5.74) is -0.0687. The molecule has 10 heteroatoms. The van der Waals surface area contributed by atoms with Gasteiger partial charge in [0.25, 0.3) is 5.91 Å². The van der Waals surface area contributed by atoms with Crippen LogP contribution in [0.3, 0.4) is 0 Å². The van der Waals surface area contributed by atoms with Crippen molar-refractivity contribution in [2.45, 2.75) is 19.3 Å². The third-order valence-corrected chi connectivity index (χ3v) is 5.99. The summed E-state index contributed by atoms with van der Waals surface area (Å²) in [6, 6.07) is 13.5. The van der Waals surface area contributed by atoms with Gasteiger partial charge >= 0.3 is 6.18 Å². The van der Waals surface area contributed by atoms with Crippen molar-refractivity contribution >= 4 is 29.1 Å². The Balaban J connectivity index is 1.29. The number of carbonyl (C=O) groups excluding carboxylic acids is 1. The fourth-order valence-electron chi connectivity index (χ4n) is 3.68. The van der Waals surface area contributed by atoms with Gasteiger partial charge in [0.1, 0.15) is 18.1 Å². The molecule has 4 rings (SSSR count). The number of furan rings is 1. The van der Waals surface area contributed by atoms with Crippen LogP contribution in [-0.2, 0) is 19.3 Å². The summed E-state index contributed by atoms with van der Waals surface area (Å²) in [4.78, 5) is 16.5. The van der Waals surface area contributed by atoms with Crippen molar-refractivity contribution in [2.24, 2.45) is 0 Å². The highest BCUT2D eigenvalue weighted by molar-refractivity contribution is 6.35. The van der Waals surface area contributed by atoms with E-state index < -0.39 is 11.7 Å². The predicted octanol–water partition coefficient (Wildman–Crippen LogP) is 6.14. The third kappa shape index (κ3) is 6.05. The number of piperazine rings is 1. The van der Waals surface area contributed by atoms with E-state index in [4.69, 9.17) is 32.4 Å². The predicted molar refractivity (Wildman–Crippen MR) is 122 cm³/mol. The van der Waals surface area contributed by atoms with Crippen molar-refractivity contribution < 1.29 is 27.1 Å². The van der Waals surface area contributed by atoms with Crippen LogP contribution in [0.1, 0.15) is 27.4 Å². The molecule has 0 N–H and O–H groups in total. The van der Waals surface area contributed by atoms with E-state index in [-0.39, 0.29) is 18.3 Å². The zero-order valence-corrected chi connectivity index (χ0v) is 19.5. The van der Waals surface area contributed by atoms with E-state index >= 15 is 0 Å². The number of benzene rings is 2. The fraction of sp³-hybridized carbons (Fsp3) is 0.292. The molecule has 0 atom stereocenters. The number of ether oxygens (including phenoxy) is 1. The maximum absolute atomic E-state index is 12.9. The van der Waals surface area contributed by atoms with Gasteiger partial charge in [-0.2, -0.15) is 13.2 Å². The molecule has 0 aliphatic carbocycles. The van der Waals surface area contributed by atoms with Crippen LogP contribution < -0.4 is 4.74 Å². The van der Waals surface area contributed by atoms with Crippen LogP contribution in [0.5, 0.6) is 5.75 Å². The lowest BCUT2D eigenvalue weighted by molar-refractivity contribution is -0.137. The largest absolute Gasteiger partial charge is 0.484 e. The second-order valence-corrected chi connectivity index (χ2v) is 8.74. The number of hydrogen-bond acceptors (Lipinski definition) is 4. The lowest BCUT2D eigenvalue weighted by Gasteiger charge is -2.34. The van der Waals surface area contributed by atoms with Crippen LogP contribution in [-0.4, -0.2) is 41.9 Å². The Morgan fingerprint density at radius 2 is 1.76 bits per heavy atom. The summed E-state index contributed by atoms with van der Waals surface area (Å²) in [6.45, 7) is 2.48. The number of carbonyl (C=O) groups is 1. The normalized spacial score (nSPS) is 14.9. The van der Waals surface area contributed by atoms with Gasteiger partial charge in [0.2, 0.25) is 0 Å². The molecule has 1 aliphatic rings. The first-order valence-corrected chi connectivity index (χ1v) is 11.3. The van der Waals surface area contributed by atoms with Crippen molar-refractivity contribution in [3.8, 4) is 5.75 Å². The van der Waals surface area contributed by atoms with Crippen LogP contribution in [0.2, 0.25) is 10.0 Å². The van der Waals surface area contributed by atoms with Gasteiger partial charge in [-0.3, -0.25) is 9.69 Å². The number of nitrogens with zero attached hydrogens (tertiary/aromatic N) is 2. The van der Waals surface area contributed by atoms with Crippen molar-refractivity contribution in [3.63, 3.8) is 0 Å². The van der Waals surface area contributed by atoms with Gasteiger partial charge in [-0.25, -0.2) is 0 Å². The summed E-state index contributed by atoms with van der Waals surface area (Å²) in [6.07, 6.45) is -4.37. The Bertz CT molecular complexity index is 1160. The van der Waals surface area contributed by atoms with Crippen LogP contribution in [0.15, 0.2) is 59.0 Å². The first-order valence-electron chi connectivity index (χ1n) is 10.5. The summed E-state index contributed by atoms with van der Waals surface area (Å²) in [7, 11) is 0. The molecular weight excluding hydrogens is 492 g/mol. The molecule has 3 aromatic rings. The number of rotatable bonds is 6. The molecule has 0 bridgehead atoms. The van der Waals surface area contributed by atoms with E-state index in [2.05, 4.69) is 0 Å². The molecule has 2 heterocycles. The lowest BCUT2D eigenvalue weighted by Crippen LogP contribution is -2.48. The summed E-state index contributed by atoms with van der Waals surface area (Å²) in [5.74, 6) is 0.881. The van der Waals surface area contributed by atoms with Gasteiger partial charge in [0.15, 0.2) is 5.76 Å². The van der Waals surface area contributed by atoms with Gasteiger partial charge < -0.3 is 14.1 Å². The number of amides is 1. The zero-order chi connectivity index (χ0) is 24.3. The fourth-order valence-corrected chi connectivity index (χ4v) is 4.14. The standard InChI is InChI=1S/C24H21Cl2F3N2O3/c25-18-4-6-21(20(26)13-18)33-15-19-5-7-22(34-19)23(32)31-10-8-30(9-11-31)14-16-2-1-3-17(12-16)24(27,28)29/h1-7,12-13H,8-11,14-15H2. The van der Waals surface area contributed by atoms with Crippen LogP contribution >= 0.6 is 23.2 Å². The smallest absolute Gasteiger partial charge is 0.416 e. The Morgan fingerprint density at radius 3 is 2.47 bits per heavy atom. The lowest BCUT2D eigenvalue weighted by atomic mass is 10.1. The van der Waals surface area contributed by atoms with Gasteiger partial charge in [0, 0.05) is 37.7 Å². The summed E-state index contributed by atoms with van der Waals surface area (Å²) >= 11 is 12.0. The third-order valence-electron chi connectivity index (χ3n) is 5.46. The second-order valence-electron chi connectivity index (χ2n) is 7.90. The first-order chi connectivity index (χ1) is 16.2. The SMILES string of the molecule is O=C(c1ccc(COc2ccc(Cl)cc2Cl)o1)N1CCN(Cc2cccc(C(F)(F)F)c2)CC1. The second kappa shape index (κ2) is 10.3. The Morgan fingerprint density at radius 1 is 1.00 bits per heavy atom. The highest BCUT2D eigenvalue weighted by atomic mass is 35.5. The maximum Gasteiger partial charge on any atom is 0.416 e. The van der Waals surface area contributed by atoms with Gasteiger partial charge in [-0.05, 0) is 42.0 Å². The zero-order valence-electron chi connectivity index (χ0n) is 17.9. The van der Waals surface area contributed by atoms with Crippen molar-refractivity contribution in [1.82, 2.24) is 9.80 Å². The molecule has 5 nitrogen and oxygen atoms in total. The van der Waals surface area contributed by atoms with Gasteiger partial charge in [-0.1, -0.05) is 41.4 Å². The Labute approximate surface area is 204 Å². The molecule has 0 spiro atoms. The van der Waals surface area contributed by atoms with E-state index in [1.807, 2.05) is 4.90 Å². The van der Waals surface area contributed by atoms with E-state index in [0.717, 1.165) is 6.07 Å². The Kier molecular flexibility index (Phi) is 7.40. The van der Waals surface area contributed by atoms with E-state index in [1.165, 1.54) is 12.1 Å². The molecule has 180 valence electrons. The first kappa shape index (κ1) is 24.4. The summed E-state index contributed by atoms with van der Waals surface area (Å²) < 4.78 is 50.1. The molecular formula is C24H21Cl2F3N2O3. The molecule has 1 amide bonds. The molecule has 0 radical (unpaired) electrons. The van der Waals surface area contributed by atoms with E-state index in [0.29, 0.717) is 59.8 Å². The molecule has 0 saturated carbocycles. The molecule has 0 unspecified atom stereocenters. The average Bonchev–Trinajstić information content (AvgIpc) is 3.27.